The summed E-state index contributed by atoms with van der Waals surface area (Å²) in [6.07, 6.45) is 1.85. The monoisotopic (exact) mass is 632 g/mol. The average Bonchev–Trinajstić information content (AvgIpc) is 3.61. The predicted molar refractivity (Wildman–Crippen MR) is 155 cm³/mol. The molecule has 2 aliphatic rings. The van der Waals surface area contributed by atoms with Crippen molar-refractivity contribution in [3.05, 3.63) is 10.4 Å². The van der Waals surface area contributed by atoms with Crippen LogP contribution in [0.5, 0.6) is 0 Å². The Morgan fingerprint density at radius 2 is 1.55 bits per heavy atom. The molecule has 2 heterocycles. The van der Waals surface area contributed by atoms with Gasteiger partial charge in [-0.1, -0.05) is 40.5 Å². The van der Waals surface area contributed by atoms with Crippen LogP contribution in [-0.2, 0) is 47.8 Å². The number of imide groups is 1. The van der Waals surface area contributed by atoms with Crippen molar-refractivity contribution < 1.29 is 47.8 Å². The molecular weight excluding hydrogens is 592 g/mol. The molecule has 236 valence electrons. The second-order valence-electron chi connectivity index (χ2n) is 9.57. The van der Waals surface area contributed by atoms with Crippen LogP contribution in [0.4, 0.5) is 0 Å². The first-order valence-electron chi connectivity index (χ1n) is 13.8. The maximum Gasteiger partial charge on any atom is 0.333 e. The van der Waals surface area contributed by atoms with E-state index in [0.29, 0.717) is 63.7 Å². The fourth-order valence-corrected chi connectivity index (χ4v) is 6.14. The van der Waals surface area contributed by atoms with E-state index in [9.17, 15) is 28.8 Å². The van der Waals surface area contributed by atoms with Gasteiger partial charge in [-0.25, -0.2) is 4.79 Å². The number of azide groups is 1. The first-order valence-corrected chi connectivity index (χ1v) is 16.3. The maximum atomic E-state index is 11.8. The molecule has 0 aliphatic carbocycles. The Morgan fingerprint density at radius 3 is 2.17 bits per heavy atom. The highest BCUT2D eigenvalue weighted by atomic mass is 33.1. The lowest BCUT2D eigenvalue weighted by Crippen LogP contribution is -2.32. The number of amides is 2. The zero-order valence-corrected chi connectivity index (χ0v) is 25.8. The molecule has 0 N–H and O–H groups in total. The fraction of sp³-hybridized carbons (Fsp3) is 0.769. The van der Waals surface area contributed by atoms with Crippen LogP contribution in [0.15, 0.2) is 5.11 Å². The molecular formula is C26H40N4O10S2. The third-order valence-electron chi connectivity index (χ3n) is 5.75. The van der Waals surface area contributed by atoms with Gasteiger partial charge in [0.25, 0.3) is 11.8 Å². The zero-order chi connectivity index (χ0) is 31.2. The summed E-state index contributed by atoms with van der Waals surface area (Å²) in [6.45, 7) is 5.63. The third kappa shape index (κ3) is 17.5. The summed E-state index contributed by atoms with van der Waals surface area (Å²) in [4.78, 5) is 75.6. The van der Waals surface area contributed by atoms with E-state index in [0.717, 1.165) is 11.5 Å². The first-order chi connectivity index (χ1) is 20.1. The Balaban J connectivity index is 0.000000437. The number of hydrogen-bond donors (Lipinski definition) is 0. The molecule has 0 saturated carbocycles. The van der Waals surface area contributed by atoms with Crippen molar-refractivity contribution in [2.75, 3.05) is 57.7 Å². The second kappa shape index (κ2) is 23.0. The van der Waals surface area contributed by atoms with Crippen LogP contribution in [0.2, 0.25) is 0 Å². The molecule has 0 aromatic rings. The fourth-order valence-electron chi connectivity index (χ4n) is 3.29. The third-order valence-corrected chi connectivity index (χ3v) is 8.31. The summed E-state index contributed by atoms with van der Waals surface area (Å²) >= 11 is 0. The average molecular weight is 633 g/mol. The van der Waals surface area contributed by atoms with Crippen molar-refractivity contribution in [1.82, 2.24) is 5.06 Å². The summed E-state index contributed by atoms with van der Waals surface area (Å²) in [7, 11) is 3.41. The molecule has 2 fully saturated rings. The second-order valence-corrected chi connectivity index (χ2v) is 12.1. The summed E-state index contributed by atoms with van der Waals surface area (Å²) < 4.78 is 15.7. The Morgan fingerprint density at radius 1 is 0.905 bits per heavy atom. The van der Waals surface area contributed by atoms with Crippen molar-refractivity contribution in [3.8, 4) is 0 Å². The number of hydrogen-bond acceptors (Lipinski definition) is 13. The van der Waals surface area contributed by atoms with Gasteiger partial charge in [0.1, 0.15) is 19.0 Å². The van der Waals surface area contributed by atoms with Gasteiger partial charge in [0.15, 0.2) is 11.6 Å². The molecule has 2 rings (SSSR count). The van der Waals surface area contributed by atoms with E-state index < -0.39 is 17.8 Å². The topological polar surface area (TPSA) is 191 Å². The Bertz CT molecular complexity index is 937. The number of ether oxygens (including phenoxy) is 3. The van der Waals surface area contributed by atoms with Gasteiger partial charge in [0.05, 0.1) is 19.8 Å². The number of ketones is 3. The van der Waals surface area contributed by atoms with Crippen molar-refractivity contribution in [2.45, 2.75) is 58.8 Å². The largest absolute Gasteiger partial charge is 0.379 e. The zero-order valence-electron chi connectivity index (χ0n) is 24.2. The van der Waals surface area contributed by atoms with Crippen LogP contribution >= 0.6 is 21.6 Å². The van der Waals surface area contributed by atoms with Crippen LogP contribution in [0.25, 0.3) is 10.4 Å². The number of rotatable bonds is 21. The Hall–Kier alpha value is -2.49. The highest BCUT2D eigenvalue weighted by Gasteiger charge is 2.32. The van der Waals surface area contributed by atoms with Crippen LogP contribution in [0, 0.1) is 11.8 Å². The number of carbonyl (C=O) groups excluding carboxylic acids is 6. The van der Waals surface area contributed by atoms with Gasteiger partial charge in [-0.15, -0.1) is 5.06 Å². The molecule has 0 spiro atoms. The van der Waals surface area contributed by atoms with Gasteiger partial charge in [0.2, 0.25) is 0 Å². The molecule has 42 heavy (non-hydrogen) atoms. The minimum absolute atomic E-state index is 0.0126. The Kier molecular flexibility index (Phi) is 20.6. The van der Waals surface area contributed by atoms with E-state index in [1.807, 2.05) is 0 Å². The molecule has 0 aromatic carbocycles. The molecule has 0 atom stereocenters. The number of carbonyl (C=O) groups is 6. The quantitative estimate of drug-likeness (QED) is 0.0449. The number of hydroxylamine groups is 2. The van der Waals surface area contributed by atoms with Crippen molar-refractivity contribution >= 4 is 56.7 Å². The normalized spacial score (nSPS) is 14.9. The molecule has 2 aliphatic heterocycles. The van der Waals surface area contributed by atoms with E-state index in [2.05, 4.69) is 14.9 Å². The van der Waals surface area contributed by atoms with Gasteiger partial charge in [-0.05, 0) is 18.4 Å². The summed E-state index contributed by atoms with van der Waals surface area (Å²) in [5, 5.41) is 3.86. The minimum atomic E-state index is -0.657. The lowest BCUT2D eigenvalue weighted by Gasteiger charge is -2.12. The van der Waals surface area contributed by atoms with Gasteiger partial charge in [-0.2, -0.15) is 0 Å². The number of Topliss-reactive ketones (excluding diaryl/α,β-unsaturated/α-hetero) is 3. The maximum absolute atomic E-state index is 11.8. The highest BCUT2D eigenvalue weighted by molar-refractivity contribution is 8.77. The summed E-state index contributed by atoms with van der Waals surface area (Å²) in [5.41, 5.74) is 8.06. The molecule has 0 bridgehead atoms. The van der Waals surface area contributed by atoms with Crippen molar-refractivity contribution in [1.29, 1.82) is 0 Å². The van der Waals surface area contributed by atoms with Crippen molar-refractivity contribution in [2.24, 2.45) is 17.0 Å². The molecule has 0 aromatic heterocycles. The standard InChI is InChI=1S/C14H23N3O5S2.C12H17NO5/c15-17-16-3-5-21-7-6-20-4-1-2-13(18)8-22-9-14(19)12-10-23-24-11-12;1-8(2)9(14)4-3-5-12(17)18-13-10(15)6-7-11(13)16/h12H,1-11H2;8H,3-7H2,1-2H3. The van der Waals surface area contributed by atoms with E-state index >= 15 is 0 Å². The van der Waals surface area contributed by atoms with Crippen LogP contribution < -0.4 is 0 Å². The number of nitrogens with zero attached hydrogens (tertiary/aromatic N) is 4. The van der Waals surface area contributed by atoms with E-state index in [-0.39, 0.29) is 61.7 Å². The lowest BCUT2D eigenvalue weighted by molar-refractivity contribution is -0.197. The molecule has 0 radical (unpaired) electrons. The van der Waals surface area contributed by atoms with Gasteiger partial charge in [-0.3, -0.25) is 24.0 Å². The van der Waals surface area contributed by atoms with E-state index in [1.165, 1.54) is 0 Å². The van der Waals surface area contributed by atoms with E-state index in [1.54, 1.807) is 35.4 Å². The van der Waals surface area contributed by atoms with Gasteiger partial charge >= 0.3 is 5.97 Å². The van der Waals surface area contributed by atoms with Crippen LogP contribution in [-0.4, -0.2) is 97.9 Å². The molecule has 14 nitrogen and oxygen atoms in total. The molecule has 0 unspecified atom stereocenters. The molecule has 2 amide bonds. The predicted octanol–water partition coefficient (Wildman–Crippen LogP) is 3.27. The van der Waals surface area contributed by atoms with Gasteiger partial charge in [0, 0.05) is 73.5 Å². The van der Waals surface area contributed by atoms with Crippen LogP contribution in [0.1, 0.15) is 58.8 Å². The summed E-state index contributed by atoms with van der Waals surface area (Å²) in [5.74, 6) is 0.196. The Labute approximate surface area is 253 Å². The molecule has 2 saturated heterocycles. The van der Waals surface area contributed by atoms with Gasteiger partial charge < -0.3 is 19.0 Å². The lowest BCUT2D eigenvalue weighted by atomic mass is 10.0. The highest BCUT2D eigenvalue weighted by Crippen LogP contribution is 2.34. The summed E-state index contributed by atoms with van der Waals surface area (Å²) in [6, 6.07) is 0. The smallest absolute Gasteiger partial charge is 0.333 e. The SMILES string of the molecule is CC(C)C(=O)CCCC(=O)ON1C(=O)CCC1=O.[N-]=[N+]=NCCOCCOCCCC(=O)COCC(=O)C1CSSC1. The minimum Gasteiger partial charge on any atom is -0.379 e. The van der Waals surface area contributed by atoms with E-state index in [4.69, 9.17) is 19.7 Å². The first kappa shape index (κ1) is 37.5. The van der Waals surface area contributed by atoms with Crippen molar-refractivity contribution in [3.63, 3.8) is 0 Å². The van der Waals surface area contributed by atoms with Crippen LogP contribution in [0.3, 0.4) is 0 Å². The molecule has 16 heteroatoms.